The number of ether oxygens (including phenoxy) is 2. The number of aliphatic hydroxyl groups excluding tert-OH is 3. The predicted octanol–water partition coefficient (Wildman–Crippen LogP) is 3.34. The molecule has 3 N–H and O–H groups in total. The average Bonchev–Trinajstić information content (AvgIpc) is 3.48. The first kappa shape index (κ1) is 31.4. The third-order valence-electron chi connectivity index (χ3n) is 8.17. The minimum atomic E-state index is -1.63. The van der Waals surface area contributed by atoms with Crippen molar-refractivity contribution in [2.75, 3.05) is 18.6 Å². The van der Waals surface area contributed by atoms with E-state index in [9.17, 15) is 33.3 Å². The summed E-state index contributed by atoms with van der Waals surface area (Å²) < 4.78 is 54.2. The van der Waals surface area contributed by atoms with Gasteiger partial charge in [-0.2, -0.15) is 0 Å². The number of carbonyl (C=O) groups excluding carboxylic acids is 1. The Bertz CT molecular complexity index is 1450. The smallest absolute Gasteiger partial charge is 0.259 e. The Morgan fingerprint density at radius 2 is 1.86 bits per heavy atom. The molecule has 1 saturated carbocycles. The van der Waals surface area contributed by atoms with Gasteiger partial charge in [-0.15, -0.1) is 5.10 Å². The van der Waals surface area contributed by atoms with Crippen LogP contribution in [-0.4, -0.2) is 86.5 Å². The number of carbonyl (C=O) groups is 1. The molecule has 1 aliphatic heterocycles. The van der Waals surface area contributed by atoms with E-state index in [4.69, 9.17) is 21.1 Å². The molecule has 2 fully saturated rings. The molecule has 1 saturated heterocycles. The quantitative estimate of drug-likeness (QED) is 0.342. The lowest BCUT2D eigenvalue weighted by Gasteiger charge is -2.46. The number of nitrogens with zero attached hydrogens (tertiary/aromatic N) is 4. The molecular formula is C29H32ClF3N4O6. The van der Waals surface area contributed by atoms with Crippen LogP contribution in [0.15, 0.2) is 36.5 Å². The second kappa shape index (κ2) is 12.9. The molecule has 10 nitrogen and oxygen atoms in total. The third kappa shape index (κ3) is 6.02. The van der Waals surface area contributed by atoms with E-state index in [0.717, 1.165) is 35.2 Å². The van der Waals surface area contributed by atoms with Gasteiger partial charge in [0, 0.05) is 23.4 Å². The number of aliphatic hydroxyl groups is 3. The van der Waals surface area contributed by atoms with Crippen LogP contribution in [0.3, 0.4) is 0 Å². The van der Waals surface area contributed by atoms with Crippen molar-refractivity contribution in [3.63, 3.8) is 0 Å². The summed E-state index contributed by atoms with van der Waals surface area (Å²) in [5.74, 6) is -5.07. The van der Waals surface area contributed by atoms with Gasteiger partial charge in [-0.3, -0.25) is 4.79 Å². The van der Waals surface area contributed by atoms with Crippen LogP contribution >= 0.6 is 11.6 Å². The standard InChI is InChI=1S/C29H32ClF3N4O6/c1-14-7-8-16(30)11-21(14)37(20-5-3-4-6-22(20)39)29(41)28-27(42-2)25(26(40)23(13-38)43-28)36-12-19(34-35-36)15-9-17(31)24(33)18(32)10-15/h7-12,20,22-23,25-28,38-40H,3-6,13H2,1-2H3/t20-,22-,23+,25-,26-,27+,28+/m0/s1. The summed E-state index contributed by atoms with van der Waals surface area (Å²) in [6.07, 6.45) is -2.34. The number of methoxy groups -OCH3 is 1. The van der Waals surface area contributed by atoms with Crippen molar-refractivity contribution in [3.05, 3.63) is 64.6 Å². The van der Waals surface area contributed by atoms with Gasteiger partial charge in [0.1, 0.15) is 30.0 Å². The highest BCUT2D eigenvalue weighted by atomic mass is 35.5. The Kier molecular flexibility index (Phi) is 9.40. The molecule has 5 rings (SSSR count). The monoisotopic (exact) mass is 624 g/mol. The zero-order valence-electron chi connectivity index (χ0n) is 23.4. The molecule has 1 amide bonds. The number of anilines is 1. The maximum absolute atomic E-state index is 14.5. The van der Waals surface area contributed by atoms with E-state index in [0.29, 0.717) is 23.6 Å². The van der Waals surface area contributed by atoms with Crippen LogP contribution in [-0.2, 0) is 14.3 Å². The van der Waals surface area contributed by atoms with E-state index in [-0.39, 0.29) is 11.3 Å². The van der Waals surface area contributed by atoms with Gasteiger partial charge in [-0.1, -0.05) is 35.7 Å². The van der Waals surface area contributed by atoms with Crippen LogP contribution in [0, 0.1) is 24.4 Å². The van der Waals surface area contributed by atoms with Gasteiger partial charge in [0.05, 0.1) is 24.9 Å². The van der Waals surface area contributed by atoms with Crippen LogP contribution < -0.4 is 4.90 Å². The van der Waals surface area contributed by atoms with Gasteiger partial charge >= 0.3 is 0 Å². The molecule has 2 heterocycles. The lowest BCUT2D eigenvalue weighted by Crippen LogP contribution is -2.63. The summed E-state index contributed by atoms with van der Waals surface area (Å²) >= 11 is 6.32. The van der Waals surface area contributed by atoms with E-state index in [1.165, 1.54) is 18.2 Å². The van der Waals surface area contributed by atoms with Gasteiger partial charge in [0.15, 0.2) is 23.6 Å². The molecule has 43 heavy (non-hydrogen) atoms. The van der Waals surface area contributed by atoms with Crippen LogP contribution in [0.4, 0.5) is 18.9 Å². The Balaban J connectivity index is 1.55. The fourth-order valence-corrected chi connectivity index (χ4v) is 6.12. The fourth-order valence-electron chi connectivity index (χ4n) is 5.95. The van der Waals surface area contributed by atoms with Crippen molar-refractivity contribution in [1.29, 1.82) is 0 Å². The van der Waals surface area contributed by atoms with Crippen molar-refractivity contribution in [3.8, 4) is 11.3 Å². The van der Waals surface area contributed by atoms with Crippen LogP contribution in [0.2, 0.25) is 5.02 Å². The summed E-state index contributed by atoms with van der Waals surface area (Å²) in [4.78, 5) is 16.0. The predicted molar refractivity (Wildman–Crippen MR) is 149 cm³/mol. The molecule has 232 valence electrons. The summed E-state index contributed by atoms with van der Waals surface area (Å²) in [7, 11) is 1.31. The van der Waals surface area contributed by atoms with Crippen molar-refractivity contribution < 1.29 is 42.8 Å². The highest BCUT2D eigenvalue weighted by Crippen LogP contribution is 2.38. The van der Waals surface area contributed by atoms with Crippen molar-refractivity contribution in [1.82, 2.24) is 15.0 Å². The first-order chi connectivity index (χ1) is 20.5. The van der Waals surface area contributed by atoms with Crippen LogP contribution in [0.5, 0.6) is 0 Å². The molecule has 3 aromatic rings. The van der Waals surface area contributed by atoms with E-state index in [1.807, 2.05) is 0 Å². The number of hydrogen-bond donors (Lipinski definition) is 3. The van der Waals surface area contributed by atoms with Gasteiger partial charge in [0.25, 0.3) is 5.91 Å². The molecule has 0 bridgehead atoms. The third-order valence-corrected chi connectivity index (χ3v) is 8.41. The molecule has 2 aromatic carbocycles. The first-order valence-electron chi connectivity index (χ1n) is 13.9. The highest BCUT2D eigenvalue weighted by molar-refractivity contribution is 6.31. The maximum atomic E-state index is 14.5. The summed E-state index contributed by atoms with van der Waals surface area (Å²) in [6.45, 7) is 1.13. The van der Waals surface area contributed by atoms with Gasteiger partial charge in [0.2, 0.25) is 0 Å². The molecule has 1 aliphatic carbocycles. The molecule has 14 heteroatoms. The Labute approximate surface area is 250 Å². The molecule has 0 radical (unpaired) electrons. The van der Waals surface area contributed by atoms with E-state index >= 15 is 0 Å². The molecule has 7 atom stereocenters. The van der Waals surface area contributed by atoms with E-state index in [2.05, 4.69) is 10.3 Å². The lowest BCUT2D eigenvalue weighted by molar-refractivity contribution is -0.211. The molecule has 2 aliphatic rings. The number of hydrogen-bond acceptors (Lipinski definition) is 8. The Hall–Kier alpha value is -3.07. The molecule has 1 aromatic heterocycles. The number of rotatable bonds is 7. The van der Waals surface area contributed by atoms with E-state index in [1.54, 1.807) is 25.1 Å². The maximum Gasteiger partial charge on any atom is 0.259 e. The number of benzene rings is 2. The van der Waals surface area contributed by atoms with Gasteiger partial charge in [-0.25, -0.2) is 17.9 Å². The molecule has 0 unspecified atom stereocenters. The SMILES string of the molecule is CO[C@@H]1[C@@H](n2cc(-c3cc(F)c(F)c(F)c3)nn2)[C@@H](O)[C@@H](CO)O[C@H]1C(=O)N(c1cc(Cl)ccc1C)[C@H]1CCCC[C@@H]1O. The summed E-state index contributed by atoms with van der Waals surface area (Å²) in [5.41, 5.74) is 1.03. The minimum absolute atomic E-state index is 0.0451. The van der Waals surface area contributed by atoms with Crippen LogP contribution in [0.1, 0.15) is 37.3 Å². The largest absolute Gasteiger partial charge is 0.394 e. The van der Waals surface area contributed by atoms with Gasteiger partial charge < -0.3 is 29.7 Å². The normalized spacial score (nSPS) is 27.7. The van der Waals surface area contributed by atoms with Gasteiger partial charge in [-0.05, 0) is 49.6 Å². The fraction of sp³-hybridized carbons (Fsp3) is 0.483. The molecule has 0 spiro atoms. The van der Waals surface area contributed by atoms with Crippen molar-refractivity contribution >= 4 is 23.2 Å². The zero-order chi connectivity index (χ0) is 31.0. The number of amides is 1. The first-order valence-corrected chi connectivity index (χ1v) is 14.2. The number of aromatic nitrogens is 3. The summed E-state index contributed by atoms with van der Waals surface area (Å²) in [5, 5.41) is 40.6. The van der Waals surface area contributed by atoms with E-state index < -0.39 is 72.6 Å². The second-order valence-electron chi connectivity index (χ2n) is 10.9. The molecular weight excluding hydrogens is 593 g/mol. The number of halogens is 4. The Morgan fingerprint density at radius 3 is 2.51 bits per heavy atom. The zero-order valence-corrected chi connectivity index (χ0v) is 24.2. The average molecular weight is 625 g/mol. The summed E-state index contributed by atoms with van der Waals surface area (Å²) in [6, 6.07) is 4.80. The van der Waals surface area contributed by atoms with Crippen molar-refractivity contribution in [2.45, 2.75) is 75.2 Å². The van der Waals surface area contributed by atoms with Crippen LogP contribution in [0.25, 0.3) is 11.3 Å². The topological polar surface area (TPSA) is 130 Å². The second-order valence-corrected chi connectivity index (χ2v) is 11.3. The number of aryl methyl sites for hydroxylation is 1. The Morgan fingerprint density at radius 1 is 1.16 bits per heavy atom. The highest BCUT2D eigenvalue weighted by Gasteiger charge is 2.52. The minimum Gasteiger partial charge on any atom is -0.394 e. The van der Waals surface area contributed by atoms with Crippen molar-refractivity contribution in [2.24, 2.45) is 0 Å². The lowest BCUT2D eigenvalue weighted by atomic mass is 9.88.